The van der Waals surface area contributed by atoms with Crippen LogP contribution in [0.5, 0.6) is 23.0 Å². The Labute approximate surface area is 223 Å². The Morgan fingerprint density at radius 1 is 0.658 bits per heavy atom. The number of carbonyl (C=O) groups excluding carboxylic acids is 2. The molecule has 0 N–H and O–H groups in total. The SMILES string of the molecule is CCCCCOc1ccc(OC(=O)c2ccc(OC(=O)c3ccc(C#N)c(OCCCCC)c3)cc2)cc1. The van der Waals surface area contributed by atoms with Gasteiger partial charge in [-0.1, -0.05) is 39.5 Å². The quantitative estimate of drug-likeness (QED) is 0.128. The van der Waals surface area contributed by atoms with Crippen LogP contribution < -0.4 is 18.9 Å². The topological polar surface area (TPSA) is 94.9 Å². The standard InChI is InChI=1S/C31H33NO6/c1-3-5-7-19-35-26-15-17-28(18-16-26)37-30(33)23-11-13-27(14-12-23)38-31(34)24-9-10-25(22-32)29(21-24)36-20-8-6-4-2/h9-18,21H,3-8,19-20H2,1-2H3. The van der Waals surface area contributed by atoms with Crippen molar-refractivity contribution in [2.45, 2.75) is 52.4 Å². The summed E-state index contributed by atoms with van der Waals surface area (Å²) in [5.74, 6) is 0.624. The van der Waals surface area contributed by atoms with E-state index in [1.807, 2.05) is 0 Å². The van der Waals surface area contributed by atoms with Crippen molar-refractivity contribution in [3.05, 3.63) is 83.4 Å². The molecule has 38 heavy (non-hydrogen) atoms. The van der Waals surface area contributed by atoms with Gasteiger partial charge in [-0.2, -0.15) is 5.26 Å². The van der Waals surface area contributed by atoms with Crippen LogP contribution in [0, 0.1) is 11.3 Å². The first-order valence-electron chi connectivity index (χ1n) is 13.0. The molecule has 0 atom stereocenters. The maximum atomic E-state index is 12.7. The molecule has 0 spiro atoms. The first-order valence-corrected chi connectivity index (χ1v) is 13.0. The molecule has 0 saturated carbocycles. The lowest BCUT2D eigenvalue weighted by atomic mass is 10.1. The van der Waals surface area contributed by atoms with Crippen molar-refractivity contribution in [1.29, 1.82) is 5.26 Å². The summed E-state index contributed by atoms with van der Waals surface area (Å²) in [5.41, 5.74) is 0.927. The fourth-order valence-corrected chi connectivity index (χ4v) is 3.53. The smallest absolute Gasteiger partial charge is 0.343 e. The third-order valence-electron chi connectivity index (χ3n) is 5.69. The van der Waals surface area contributed by atoms with Crippen LogP contribution in [-0.4, -0.2) is 25.2 Å². The molecule has 0 aliphatic rings. The molecule has 0 saturated heterocycles. The van der Waals surface area contributed by atoms with E-state index < -0.39 is 11.9 Å². The van der Waals surface area contributed by atoms with E-state index in [9.17, 15) is 14.9 Å². The van der Waals surface area contributed by atoms with Crippen LogP contribution in [0.15, 0.2) is 66.7 Å². The first-order chi connectivity index (χ1) is 18.5. The normalized spacial score (nSPS) is 10.3. The number of hydrogen-bond donors (Lipinski definition) is 0. The molecule has 0 amide bonds. The zero-order valence-electron chi connectivity index (χ0n) is 21.9. The summed E-state index contributed by atoms with van der Waals surface area (Å²) in [5, 5.41) is 9.32. The second kappa shape index (κ2) is 15.1. The number of ether oxygens (including phenoxy) is 4. The molecule has 0 radical (unpaired) electrons. The van der Waals surface area contributed by atoms with Crippen LogP contribution in [-0.2, 0) is 0 Å². The Balaban J connectivity index is 1.55. The average molecular weight is 516 g/mol. The van der Waals surface area contributed by atoms with Crippen LogP contribution in [0.4, 0.5) is 0 Å². The van der Waals surface area contributed by atoms with Crippen LogP contribution in [0.3, 0.4) is 0 Å². The number of carbonyl (C=O) groups is 2. The Hall–Kier alpha value is -4.31. The van der Waals surface area contributed by atoms with Gasteiger partial charge in [-0.15, -0.1) is 0 Å². The predicted octanol–water partition coefficient (Wildman–Crippen LogP) is 7.13. The molecule has 0 bridgehead atoms. The third kappa shape index (κ3) is 8.67. The fraction of sp³-hybridized carbons (Fsp3) is 0.323. The molecule has 3 aromatic carbocycles. The van der Waals surface area contributed by atoms with Gasteiger partial charge in [-0.3, -0.25) is 0 Å². The molecule has 0 aromatic heterocycles. The van der Waals surface area contributed by atoms with Gasteiger partial charge in [0, 0.05) is 0 Å². The van der Waals surface area contributed by atoms with Crippen LogP contribution >= 0.6 is 0 Å². The molecule has 0 fully saturated rings. The molecule has 0 heterocycles. The van der Waals surface area contributed by atoms with E-state index in [-0.39, 0.29) is 11.3 Å². The first kappa shape index (κ1) is 28.3. The Morgan fingerprint density at radius 2 is 1.16 bits per heavy atom. The summed E-state index contributed by atoms with van der Waals surface area (Å²) in [7, 11) is 0. The summed E-state index contributed by atoms with van der Waals surface area (Å²) >= 11 is 0. The minimum atomic E-state index is -0.597. The summed E-state index contributed by atoms with van der Waals surface area (Å²) in [4.78, 5) is 25.2. The lowest BCUT2D eigenvalue weighted by Crippen LogP contribution is -2.11. The minimum absolute atomic E-state index is 0.260. The fourth-order valence-electron chi connectivity index (χ4n) is 3.53. The molecule has 198 valence electrons. The Kier molecular flexibility index (Phi) is 11.2. The summed E-state index contributed by atoms with van der Waals surface area (Å²) in [6.45, 7) is 5.36. The van der Waals surface area contributed by atoms with Gasteiger partial charge in [-0.05, 0) is 79.6 Å². The van der Waals surface area contributed by atoms with Crippen LogP contribution in [0.2, 0.25) is 0 Å². The van der Waals surface area contributed by atoms with Crippen molar-refractivity contribution >= 4 is 11.9 Å². The largest absolute Gasteiger partial charge is 0.494 e. The van der Waals surface area contributed by atoms with E-state index in [2.05, 4.69) is 19.9 Å². The molecule has 7 nitrogen and oxygen atoms in total. The Morgan fingerprint density at radius 3 is 1.74 bits per heavy atom. The number of nitrogens with zero attached hydrogens (tertiary/aromatic N) is 1. The molecule has 7 heteroatoms. The van der Waals surface area contributed by atoms with Crippen molar-refractivity contribution in [3.8, 4) is 29.1 Å². The predicted molar refractivity (Wildman–Crippen MR) is 144 cm³/mol. The van der Waals surface area contributed by atoms with Gasteiger partial charge in [0.2, 0.25) is 0 Å². The average Bonchev–Trinajstić information content (AvgIpc) is 2.94. The summed E-state index contributed by atoms with van der Waals surface area (Å²) < 4.78 is 22.2. The summed E-state index contributed by atoms with van der Waals surface area (Å²) in [6, 6.07) is 19.6. The van der Waals surface area contributed by atoms with E-state index in [1.165, 1.54) is 42.5 Å². The second-order valence-electron chi connectivity index (χ2n) is 8.71. The van der Waals surface area contributed by atoms with Crippen molar-refractivity contribution in [2.24, 2.45) is 0 Å². The number of benzene rings is 3. The van der Waals surface area contributed by atoms with Crippen molar-refractivity contribution in [1.82, 2.24) is 0 Å². The maximum Gasteiger partial charge on any atom is 0.343 e. The van der Waals surface area contributed by atoms with Gasteiger partial charge in [-0.25, -0.2) is 9.59 Å². The highest BCUT2D eigenvalue weighted by Crippen LogP contribution is 2.23. The molecule has 0 unspecified atom stereocenters. The van der Waals surface area contributed by atoms with Gasteiger partial charge in [0.25, 0.3) is 0 Å². The lowest BCUT2D eigenvalue weighted by Gasteiger charge is -2.10. The Bertz CT molecular complexity index is 1230. The van der Waals surface area contributed by atoms with E-state index in [0.717, 1.165) is 44.3 Å². The maximum absolute atomic E-state index is 12.7. The van der Waals surface area contributed by atoms with Gasteiger partial charge in [0.1, 0.15) is 29.1 Å². The lowest BCUT2D eigenvalue weighted by molar-refractivity contribution is 0.0730. The van der Waals surface area contributed by atoms with E-state index in [0.29, 0.717) is 35.8 Å². The van der Waals surface area contributed by atoms with Crippen molar-refractivity contribution in [2.75, 3.05) is 13.2 Å². The third-order valence-corrected chi connectivity index (χ3v) is 5.69. The van der Waals surface area contributed by atoms with Gasteiger partial charge in [0.05, 0.1) is 29.9 Å². The number of esters is 2. The molecular weight excluding hydrogens is 482 g/mol. The van der Waals surface area contributed by atoms with Crippen LogP contribution in [0.25, 0.3) is 0 Å². The molecular formula is C31H33NO6. The molecule has 0 aliphatic carbocycles. The number of unbranched alkanes of at least 4 members (excludes halogenated alkanes) is 4. The van der Waals surface area contributed by atoms with E-state index in [4.69, 9.17) is 18.9 Å². The monoisotopic (exact) mass is 515 g/mol. The summed E-state index contributed by atoms with van der Waals surface area (Å²) in [6.07, 6.45) is 6.20. The van der Waals surface area contributed by atoms with Crippen LogP contribution in [0.1, 0.15) is 78.7 Å². The number of nitriles is 1. The second-order valence-corrected chi connectivity index (χ2v) is 8.71. The molecule has 3 aromatic rings. The zero-order valence-corrected chi connectivity index (χ0v) is 21.9. The molecule has 0 aliphatic heterocycles. The van der Waals surface area contributed by atoms with Crippen molar-refractivity contribution < 1.29 is 28.5 Å². The van der Waals surface area contributed by atoms with Gasteiger partial charge >= 0.3 is 11.9 Å². The zero-order chi connectivity index (χ0) is 27.2. The van der Waals surface area contributed by atoms with Gasteiger partial charge < -0.3 is 18.9 Å². The van der Waals surface area contributed by atoms with E-state index in [1.54, 1.807) is 24.3 Å². The highest BCUT2D eigenvalue weighted by atomic mass is 16.5. The number of rotatable bonds is 14. The van der Waals surface area contributed by atoms with Crippen molar-refractivity contribution in [3.63, 3.8) is 0 Å². The highest BCUT2D eigenvalue weighted by molar-refractivity contribution is 5.93. The van der Waals surface area contributed by atoms with E-state index >= 15 is 0 Å². The minimum Gasteiger partial charge on any atom is -0.494 e. The highest BCUT2D eigenvalue weighted by Gasteiger charge is 2.14. The van der Waals surface area contributed by atoms with Gasteiger partial charge in [0.15, 0.2) is 0 Å². The molecule has 3 rings (SSSR count). The number of hydrogen-bond acceptors (Lipinski definition) is 7.